The highest BCUT2D eigenvalue weighted by molar-refractivity contribution is 7.92. The van der Waals surface area contributed by atoms with Gasteiger partial charge in [-0.15, -0.1) is 0 Å². The number of nitrogens with one attached hydrogen (secondary N) is 1. The number of nitrogens with zero attached hydrogens (tertiary/aromatic N) is 1. The Labute approximate surface area is 143 Å². The molecule has 0 spiro atoms. The van der Waals surface area contributed by atoms with E-state index in [2.05, 4.69) is 4.72 Å². The van der Waals surface area contributed by atoms with E-state index in [1.165, 1.54) is 0 Å². The molecule has 1 aromatic rings. The molecule has 0 unspecified atom stereocenters. The molecule has 9 heteroatoms. The van der Waals surface area contributed by atoms with Gasteiger partial charge in [0.1, 0.15) is 0 Å². The third-order valence-corrected chi connectivity index (χ3v) is 6.20. The van der Waals surface area contributed by atoms with Gasteiger partial charge in [-0.25, -0.2) is 21.6 Å². The number of rotatable bonds is 8. The first-order valence-electron chi connectivity index (χ1n) is 7.19. The smallest absolute Gasteiger partial charge is 0.232 e. The molecule has 0 fully saturated rings. The molecule has 0 amide bonds. The van der Waals surface area contributed by atoms with Crippen LogP contribution in [0, 0.1) is 13.8 Å². The third kappa shape index (κ3) is 5.95. The van der Waals surface area contributed by atoms with Crippen molar-refractivity contribution >= 4 is 37.3 Å². The summed E-state index contributed by atoms with van der Waals surface area (Å²) >= 11 is 6.21. The van der Waals surface area contributed by atoms with Crippen molar-refractivity contribution in [1.82, 2.24) is 4.72 Å². The summed E-state index contributed by atoms with van der Waals surface area (Å²) in [6.45, 7) is 5.36. The van der Waals surface area contributed by atoms with E-state index in [9.17, 15) is 16.8 Å². The largest absolute Gasteiger partial charge is 0.267 e. The zero-order chi connectivity index (χ0) is 17.8. The van der Waals surface area contributed by atoms with Crippen molar-refractivity contribution < 1.29 is 16.8 Å². The fourth-order valence-corrected chi connectivity index (χ4v) is 4.87. The minimum atomic E-state index is -3.59. The summed E-state index contributed by atoms with van der Waals surface area (Å²) in [6, 6.07) is 3.52. The van der Waals surface area contributed by atoms with Crippen LogP contribution in [0.2, 0.25) is 5.02 Å². The van der Waals surface area contributed by atoms with Gasteiger partial charge in [0.15, 0.2) is 0 Å². The second-order valence-corrected chi connectivity index (χ2v) is 9.70. The molecule has 0 aromatic heterocycles. The molecule has 0 bridgehead atoms. The van der Waals surface area contributed by atoms with E-state index in [-0.39, 0.29) is 18.8 Å². The summed E-state index contributed by atoms with van der Waals surface area (Å²) in [6.07, 6.45) is 1.57. The lowest BCUT2D eigenvalue weighted by Crippen LogP contribution is -2.39. The normalized spacial score (nSPS) is 12.4. The van der Waals surface area contributed by atoms with Crippen LogP contribution in [0.15, 0.2) is 12.1 Å². The summed E-state index contributed by atoms with van der Waals surface area (Å²) in [7, 11) is -6.98. The molecule has 6 nitrogen and oxygen atoms in total. The Morgan fingerprint density at radius 2 is 1.78 bits per heavy atom. The molecule has 0 heterocycles. The van der Waals surface area contributed by atoms with Crippen molar-refractivity contribution in [1.29, 1.82) is 0 Å². The second-order valence-electron chi connectivity index (χ2n) is 5.46. The maximum absolute atomic E-state index is 12.1. The number of hydrogen-bond acceptors (Lipinski definition) is 4. The van der Waals surface area contributed by atoms with Crippen LogP contribution in [-0.4, -0.2) is 41.9 Å². The molecule has 0 saturated carbocycles. The van der Waals surface area contributed by atoms with Crippen molar-refractivity contribution in [2.45, 2.75) is 27.2 Å². The molecule has 0 aliphatic rings. The first-order chi connectivity index (χ1) is 10.5. The van der Waals surface area contributed by atoms with Crippen LogP contribution in [0.1, 0.15) is 24.5 Å². The summed E-state index contributed by atoms with van der Waals surface area (Å²) in [5.41, 5.74) is 2.03. The van der Waals surface area contributed by atoms with Crippen molar-refractivity contribution in [3.8, 4) is 0 Å². The maximum Gasteiger partial charge on any atom is 0.232 e. The van der Waals surface area contributed by atoms with Crippen LogP contribution in [0.25, 0.3) is 0 Å². The topological polar surface area (TPSA) is 83.6 Å². The average Bonchev–Trinajstić information content (AvgIpc) is 2.34. The zero-order valence-corrected chi connectivity index (χ0v) is 16.1. The molecule has 23 heavy (non-hydrogen) atoms. The molecular weight excluding hydrogens is 360 g/mol. The summed E-state index contributed by atoms with van der Waals surface area (Å²) < 4.78 is 51.1. The van der Waals surface area contributed by atoms with Crippen LogP contribution in [0.3, 0.4) is 0 Å². The Kier molecular flexibility index (Phi) is 6.88. The van der Waals surface area contributed by atoms with E-state index in [0.717, 1.165) is 21.7 Å². The standard InChI is InChI=1S/C14H23ClN2O4S2/c1-5-8-23(20,21)16-6-7-17(22(4,18)19)14-12(3)9-11(2)10-13(14)15/h9-10,16H,5-8H2,1-4H3. The minimum absolute atomic E-state index is 0.0101. The monoisotopic (exact) mass is 382 g/mol. The average molecular weight is 383 g/mol. The molecule has 0 aliphatic carbocycles. The minimum Gasteiger partial charge on any atom is -0.267 e. The SMILES string of the molecule is CCCS(=O)(=O)NCCN(c1c(C)cc(C)cc1Cl)S(C)(=O)=O. The van der Waals surface area contributed by atoms with E-state index in [1.807, 2.05) is 13.0 Å². The molecular formula is C14H23ClN2O4S2. The number of sulfonamides is 2. The van der Waals surface area contributed by atoms with Crippen LogP contribution < -0.4 is 9.03 Å². The number of benzene rings is 1. The fraction of sp³-hybridized carbons (Fsp3) is 0.571. The molecule has 0 saturated heterocycles. The van der Waals surface area contributed by atoms with E-state index >= 15 is 0 Å². The molecule has 1 N–H and O–H groups in total. The van der Waals surface area contributed by atoms with Gasteiger partial charge in [0, 0.05) is 13.1 Å². The lowest BCUT2D eigenvalue weighted by atomic mass is 10.1. The van der Waals surface area contributed by atoms with Gasteiger partial charge in [-0.2, -0.15) is 0 Å². The van der Waals surface area contributed by atoms with Gasteiger partial charge >= 0.3 is 0 Å². The highest BCUT2D eigenvalue weighted by Crippen LogP contribution is 2.32. The van der Waals surface area contributed by atoms with E-state index < -0.39 is 20.0 Å². The summed E-state index contributed by atoms with van der Waals surface area (Å²) in [5, 5.41) is 0.323. The van der Waals surface area contributed by atoms with Gasteiger partial charge in [0.05, 0.1) is 22.7 Å². The van der Waals surface area contributed by atoms with Gasteiger partial charge in [-0.05, 0) is 37.5 Å². The molecule has 1 aromatic carbocycles. The van der Waals surface area contributed by atoms with E-state index in [1.54, 1.807) is 19.9 Å². The summed E-state index contributed by atoms with van der Waals surface area (Å²) in [4.78, 5) is 0. The molecule has 0 radical (unpaired) electrons. The van der Waals surface area contributed by atoms with Gasteiger partial charge in [-0.1, -0.05) is 24.6 Å². The van der Waals surface area contributed by atoms with Crippen LogP contribution in [0.5, 0.6) is 0 Å². The predicted octanol–water partition coefficient (Wildman–Crippen LogP) is 2.05. The first kappa shape index (κ1) is 20.2. The van der Waals surface area contributed by atoms with E-state index in [0.29, 0.717) is 17.1 Å². The Bertz CT molecular complexity index is 738. The van der Waals surface area contributed by atoms with Gasteiger partial charge in [0.2, 0.25) is 20.0 Å². The molecule has 0 atom stereocenters. The van der Waals surface area contributed by atoms with Gasteiger partial charge in [0.25, 0.3) is 0 Å². The maximum atomic E-state index is 12.1. The highest BCUT2D eigenvalue weighted by atomic mass is 35.5. The molecule has 0 aliphatic heterocycles. The number of anilines is 1. The number of aryl methyl sites for hydroxylation is 2. The predicted molar refractivity (Wildman–Crippen MR) is 95.2 cm³/mol. The van der Waals surface area contributed by atoms with Crippen molar-refractivity contribution in [3.05, 3.63) is 28.3 Å². The van der Waals surface area contributed by atoms with E-state index in [4.69, 9.17) is 11.6 Å². The zero-order valence-electron chi connectivity index (χ0n) is 13.8. The van der Waals surface area contributed by atoms with Crippen molar-refractivity contribution in [2.75, 3.05) is 29.4 Å². The number of hydrogen-bond donors (Lipinski definition) is 1. The Morgan fingerprint density at radius 3 is 2.26 bits per heavy atom. The Balaban J connectivity index is 3.05. The van der Waals surface area contributed by atoms with Crippen LogP contribution in [-0.2, 0) is 20.0 Å². The third-order valence-electron chi connectivity index (χ3n) is 3.16. The molecule has 132 valence electrons. The molecule has 1 rings (SSSR count). The quantitative estimate of drug-likeness (QED) is 0.745. The first-order valence-corrected chi connectivity index (χ1v) is 11.1. The lowest BCUT2D eigenvalue weighted by molar-refractivity contribution is 0.577. The van der Waals surface area contributed by atoms with Crippen molar-refractivity contribution in [2.24, 2.45) is 0 Å². The Hall–Kier alpha value is -0.830. The Morgan fingerprint density at radius 1 is 1.17 bits per heavy atom. The van der Waals surface area contributed by atoms with Gasteiger partial charge < -0.3 is 0 Å². The van der Waals surface area contributed by atoms with Crippen molar-refractivity contribution in [3.63, 3.8) is 0 Å². The van der Waals surface area contributed by atoms with Crippen LogP contribution >= 0.6 is 11.6 Å². The van der Waals surface area contributed by atoms with Gasteiger partial charge in [-0.3, -0.25) is 4.31 Å². The summed E-state index contributed by atoms with van der Waals surface area (Å²) in [5.74, 6) is 0.0101. The highest BCUT2D eigenvalue weighted by Gasteiger charge is 2.22. The van der Waals surface area contributed by atoms with Crippen LogP contribution in [0.4, 0.5) is 5.69 Å². The second kappa shape index (κ2) is 7.83. The fourth-order valence-electron chi connectivity index (χ4n) is 2.31. The number of halogens is 1. The lowest BCUT2D eigenvalue weighted by Gasteiger charge is -2.25.